The second-order valence-electron chi connectivity index (χ2n) is 5.86. The van der Waals surface area contributed by atoms with Crippen LogP contribution in [0.25, 0.3) is 0 Å². The summed E-state index contributed by atoms with van der Waals surface area (Å²) in [5, 5.41) is 13.0. The molecule has 4 nitrogen and oxygen atoms in total. The minimum Gasteiger partial charge on any atom is -0.398 e. The number of carbonyl (C=O) groups is 1. The van der Waals surface area contributed by atoms with Crippen LogP contribution in [-0.2, 0) is 0 Å². The summed E-state index contributed by atoms with van der Waals surface area (Å²) < 4.78 is 0. The van der Waals surface area contributed by atoms with Crippen molar-refractivity contribution in [1.82, 2.24) is 5.32 Å². The third-order valence-corrected chi connectivity index (χ3v) is 2.84. The number of nitrogen functional groups attached to an aromatic ring is 1. The van der Waals surface area contributed by atoms with Crippen molar-refractivity contribution in [1.29, 1.82) is 0 Å². The zero-order chi connectivity index (χ0) is 14.6. The van der Waals surface area contributed by atoms with Gasteiger partial charge in [-0.25, -0.2) is 0 Å². The molecule has 0 saturated heterocycles. The van der Waals surface area contributed by atoms with Crippen molar-refractivity contribution in [3.8, 4) is 0 Å². The summed E-state index contributed by atoms with van der Waals surface area (Å²) in [5.74, 6) is -0.304. The number of carbonyl (C=O) groups excluding carboxylic acids is 1. The van der Waals surface area contributed by atoms with Gasteiger partial charge in [0.15, 0.2) is 0 Å². The van der Waals surface area contributed by atoms with Gasteiger partial charge in [0.2, 0.25) is 0 Å². The number of anilines is 1. The summed E-state index contributed by atoms with van der Waals surface area (Å²) in [7, 11) is 0. The Kier molecular flexibility index (Phi) is 5.20. The van der Waals surface area contributed by atoms with Gasteiger partial charge in [-0.15, -0.1) is 0 Å². The van der Waals surface area contributed by atoms with E-state index in [4.69, 9.17) is 17.3 Å². The maximum atomic E-state index is 11.9. The molecule has 106 valence electrons. The van der Waals surface area contributed by atoms with E-state index in [2.05, 4.69) is 5.32 Å². The summed E-state index contributed by atoms with van der Waals surface area (Å²) in [4.78, 5) is 11.9. The van der Waals surface area contributed by atoms with Gasteiger partial charge < -0.3 is 16.2 Å². The average molecular weight is 285 g/mol. The van der Waals surface area contributed by atoms with Crippen LogP contribution in [0.2, 0.25) is 5.02 Å². The fourth-order valence-electron chi connectivity index (χ4n) is 1.83. The Labute approximate surface area is 118 Å². The predicted molar refractivity (Wildman–Crippen MR) is 78.3 cm³/mol. The van der Waals surface area contributed by atoms with Crippen LogP contribution in [0.4, 0.5) is 5.69 Å². The summed E-state index contributed by atoms with van der Waals surface area (Å²) in [6.45, 7) is 6.32. The zero-order valence-corrected chi connectivity index (χ0v) is 12.3. The summed E-state index contributed by atoms with van der Waals surface area (Å²) in [6, 6.07) is 4.71. The number of hydrogen-bond acceptors (Lipinski definition) is 3. The van der Waals surface area contributed by atoms with E-state index in [0.29, 0.717) is 22.7 Å². The number of aliphatic hydroxyl groups is 1. The summed E-state index contributed by atoms with van der Waals surface area (Å²) in [6.07, 6.45) is 0.0427. The first-order chi connectivity index (χ1) is 8.69. The molecule has 0 aliphatic heterocycles. The standard InChI is InChI=1S/C14H21ClN2O2/c1-14(2,3)7-10(18)8-17-13(19)11-5-4-9(15)6-12(11)16/h4-6,10,18H,7-8,16H2,1-3H3,(H,17,19). The topological polar surface area (TPSA) is 75.3 Å². The summed E-state index contributed by atoms with van der Waals surface area (Å²) >= 11 is 5.77. The molecule has 0 spiro atoms. The SMILES string of the molecule is CC(C)(C)CC(O)CNC(=O)c1ccc(Cl)cc1N. The third kappa shape index (κ3) is 5.49. The molecular formula is C14H21ClN2O2. The predicted octanol–water partition coefficient (Wildman–Crippen LogP) is 2.45. The number of nitrogens with one attached hydrogen (secondary N) is 1. The van der Waals surface area contributed by atoms with Crippen LogP contribution in [0.3, 0.4) is 0 Å². The molecule has 0 aromatic heterocycles. The van der Waals surface area contributed by atoms with Crippen molar-refractivity contribution < 1.29 is 9.90 Å². The molecule has 0 heterocycles. The molecular weight excluding hydrogens is 264 g/mol. The van der Waals surface area contributed by atoms with Gasteiger partial charge in [0.25, 0.3) is 5.91 Å². The van der Waals surface area contributed by atoms with Crippen LogP contribution >= 0.6 is 11.6 Å². The first-order valence-electron chi connectivity index (χ1n) is 6.20. The number of hydrogen-bond donors (Lipinski definition) is 3. The average Bonchev–Trinajstić information content (AvgIpc) is 2.23. The second kappa shape index (κ2) is 6.26. The molecule has 19 heavy (non-hydrogen) atoms. The van der Waals surface area contributed by atoms with Crippen LogP contribution in [-0.4, -0.2) is 23.7 Å². The smallest absolute Gasteiger partial charge is 0.253 e. The molecule has 0 aliphatic rings. The van der Waals surface area contributed by atoms with E-state index in [-0.39, 0.29) is 17.9 Å². The maximum absolute atomic E-state index is 11.9. The molecule has 1 unspecified atom stereocenters. The summed E-state index contributed by atoms with van der Waals surface area (Å²) in [5.41, 5.74) is 6.44. The van der Waals surface area contributed by atoms with Crippen LogP contribution in [0.1, 0.15) is 37.6 Å². The highest BCUT2D eigenvalue weighted by Gasteiger charge is 2.18. The van der Waals surface area contributed by atoms with Crippen LogP contribution < -0.4 is 11.1 Å². The minimum absolute atomic E-state index is 0.0173. The van der Waals surface area contributed by atoms with E-state index < -0.39 is 6.10 Å². The molecule has 4 N–H and O–H groups in total. The molecule has 0 fully saturated rings. The first kappa shape index (κ1) is 15.8. The van der Waals surface area contributed by atoms with Crippen molar-refractivity contribution in [3.63, 3.8) is 0 Å². The van der Waals surface area contributed by atoms with E-state index >= 15 is 0 Å². The van der Waals surface area contributed by atoms with Crippen molar-refractivity contribution in [2.75, 3.05) is 12.3 Å². The number of halogens is 1. The van der Waals surface area contributed by atoms with Crippen LogP contribution in [0.5, 0.6) is 0 Å². The number of rotatable bonds is 4. The van der Waals surface area contributed by atoms with Crippen molar-refractivity contribution >= 4 is 23.2 Å². The Bertz CT molecular complexity index is 455. The molecule has 0 radical (unpaired) electrons. The highest BCUT2D eigenvalue weighted by atomic mass is 35.5. The Hall–Kier alpha value is -1.26. The van der Waals surface area contributed by atoms with Gasteiger partial charge in [0.05, 0.1) is 11.7 Å². The Balaban J connectivity index is 2.56. The Morgan fingerprint density at radius 2 is 2.11 bits per heavy atom. The number of amides is 1. The maximum Gasteiger partial charge on any atom is 0.253 e. The van der Waals surface area contributed by atoms with Gasteiger partial charge in [0.1, 0.15) is 0 Å². The number of benzene rings is 1. The van der Waals surface area contributed by atoms with Crippen LogP contribution in [0, 0.1) is 5.41 Å². The quantitative estimate of drug-likeness (QED) is 0.744. The molecule has 1 aromatic rings. The van der Waals surface area contributed by atoms with Gasteiger partial charge in [-0.1, -0.05) is 32.4 Å². The van der Waals surface area contributed by atoms with Gasteiger partial charge in [0, 0.05) is 17.3 Å². The molecule has 1 aromatic carbocycles. The normalized spacial score (nSPS) is 13.1. The Morgan fingerprint density at radius 3 is 2.63 bits per heavy atom. The number of aliphatic hydroxyl groups excluding tert-OH is 1. The fourth-order valence-corrected chi connectivity index (χ4v) is 2.01. The van der Waals surface area contributed by atoms with Crippen LogP contribution in [0.15, 0.2) is 18.2 Å². The van der Waals surface area contributed by atoms with E-state index in [0.717, 1.165) is 0 Å². The highest BCUT2D eigenvalue weighted by molar-refractivity contribution is 6.31. The highest BCUT2D eigenvalue weighted by Crippen LogP contribution is 2.21. The second-order valence-corrected chi connectivity index (χ2v) is 6.30. The lowest BCUT2D eigenvalue weighted by Crippen LogP contribution is -2.34. The van der Waals surface area contributed by atoms with Gasteiger partial charge >= 0.3 is 0 Å². The lowest BCUT2D eigenvalue weighted by molar-refractivity contribution is 0.0869. The monoisotopic (exact) mass is 284 g/mol. The fraction of sp³-hybridized carbons (Fsp3) is 0.500. The minimum atomic E-state index is -0.572. The third-order valence-electron chi connectivity index (χ3n) is 2.60. The molecule has 1 atom stereocenters. The van der Waals surface area contributed by atoms with Gasteiger partial charge in [-0.05, 0) is 30.0 Å². The molecule has 1 amide bonds. The van der Waals surface area contributed by atoms with E-state index in [9.17, 15) is 9.90 Å². The lowest BCUT2D eigenvalue weighted by Gasteiger charge is -2.22. The molecule has 0 bridgehead atoms. The van der Waals surface area contributed by atoms with E-state index in [1.807, 2.05) is 20.8 Å². The van der Waals surface area contributed by atoms with E-state index in [1.165, 1.54) is 6.07 Å². The van der Waals surface area contributed by atoms with Gasteiger partial charge in [-0.2, -0.15) is 0 Å². The Morgan fingerprint density at radius 1 is 1.47 bits per heavy atom. The number of nitrogens with two attached hydrogens (primary N) is 1. The zero-order valence-electron chi connectivity index (χ0n) is 11.5. The van der Waals surface area contributed by atoms with Crippen molar-refractivity contribution in [3.05, 3.63) is 28.8 Å². The van der Waals surface area contributed by atoms with E-state index in [1.54, 1.807) is 12.1 Å². The molecule has 0 aliphatic carbocycles. The van der Waals surface area contributed by atoms with Gasteiger partial charge in [-0.3, -0.25) is 4.79 Å². The van der Waals surface area contributed by atoms with Crippen molar-refractivity contribution in [2.24, 2.45) is 5.41 Å². The molecule has 1 rings (SSSR count). The first-order valence-corrected chi connectivity index (χ1v) is 6.58. The van der Waals surface area contributed by atoms with Crippen molar-refractivity contribution in [2.45, 2.75) is 33.3 Å². The molecule has 5 heteroatoms. The largest absolute Gasteiger partial charge is 0.398 e. The lowest BCUT2D eigenvalue weighted by atomic mass is 9.89. The molecule has 0 saturated carbocycles.